The lowest BCUT2D eigenvalue weighted by Gasteiger charge is -2.33. The highest BCUT2D eigenvalue weighted by atomic mass is 16.6. The molecule has 1 saturated heterocycles. The number of amides is 1. The number of carbonyl (C=O) groups is 1. The molecule has 1 aromatic carbocycles. The van der Waals surface area contributed by atoms with Gasteiger partial charge in [0.2, 0.25) is 0 Å². The average molecular weight is 432 g/mol. The molecule has 1 fully saturated rings. The largest absolute Gasteiger partial charge is 0.486 e. The van der Waals surface area contributed by atoms with E-state index in [1.807, 2.05) is 37.3 Å². The number of nitrogens with zero attached hydrogens (tertiary/aromatic N) is 3. The first-order valence-electron chi connectivity index (χ1n) is 10.6. The van der Waals surface area contributed by atoms with Crippen molar-refractivity contribution in [2.24, 2.45) is 0 Å². The molecule has 4 heterocycles. The van der Waals surface area contributed by atoms with Crippen LogP contribution in [0.1, 0.15) is 27.8 Å². The van der Waals surface area contributed by atoms with E-state index in [0.29, 0.717) is 50.0 Å². The summed E-state index contributed by atoms with van der Waals surface area (Å²) in [6, 6.07) is 14.9. The molecule has 164 valence electrons. The highest BCUT2D eigenvalue weighted by Crippen LogP contribution is 2.32. The van der Waals surface area contributed by atoms with E-state index in [2.05, 4.69) is 15.3 Å². The minimum Gasteiger partial charge on any atom is -0.486 e. The molecule has 2 aliphatic rings. The predicted molar refractivity (Wildman–Crippen MR) is 119 cm³/mol. The number of hydrogen-bond donors (Lipinski definition) is 1. The van der Waals surface area contributed by atoms with Crippen LogP contribution >= 0.6 is 0 Å². The molecular weight excluding hydrogens is 408 g/mol. The van der Waals surface area contributed by atoms with E-state index >= 15 is 0 Å². The van der Waals surface area contributed by atoms with Gasteiger partial charge in [-0.25, -0.2) is 4.98 Å². The van der Waals surface area contributed by atoms with Gasteiger partial charge in [-0.15, -0.1) is 0 Å². The predicted octanol–water partition coefficient (Wildman–Crippen LogP) is 3.51. The first-order chi connectivity index (χ1) is 15.7. The summed E-state index contributed by atoms with van der Waals surface area (Å²) >= 11 is 0. The maximum atomic E-state index is 13.2. The molecular formula is C24H24N4O4. The fourth-order valence-corrected chi connectivity index (χ4v) is 3.89. The molecule has 32 heavy (non-hydrogen) atoms. The third kappa shape index (κ3) is 4.36. The fraction of sp³-hybridized carbons (Fsp3) is 0.292. The summed E-state index contributed by atoms with van der Waals surface area (Å²) in [5.74, 6) is 1.97. The molecule has 1 amide bonds. The van der Waals surface area contributed by atoms with Gasteiger partial charge in [0.05, 0.1) is 18.8 Å². The quantitative estimate of drug-likeness (QED) is 0.675. The summed E-state index contributed by atoms with van der Waals surface area (Å²) in [7, 11) is 0. The summed E-state index contributed by atoms with van der Waals surface area (Å²) in [6.45, 7) is 4.33. The van der Waals surface area contributed by atoms with E-state index in [1.165, 1.54) is 0 Å². The number of morpholine rings is 1. The normalized spacial score (nSPS) is 17.7. The van der Waals surface area contributed by atoms with Crippen molar-refractivity contribution in [1.82, 2.24) is 14.9 Å². The highest BCUT2D eigenvalue weighted by molar-refractivity contribution is 5.95. The first-order valence-corrected chi connectivity index (χ1v) is 10.6. The molecule has 0 bridgehead atoms. The van der Waals surface area contributed by atoms with Gasteiger partial charge in [0, 0.05) is 29.7 Å². The molecule has 8 heteroatoms. The summed E-state index contributed by atoms with van der Waals surface area (Å²) in [6.07, 6.45) is 1.43. The summed E-state index contributed by atoms with van der Waals surface area (Å²) in [5, 5.41) is 3.30. The Bertz CT molecular complexity index is 1120. The van der Waals surface area contributed by atoms with Crippen LogP contribution in [0.5, 0.6) is 11.5 Å². The van der Waals surface area contributed by atoms with Crippen LogP contribution < -0.4 is 14.8 Å². The van der Waals surface area contributed by atoms with E-state index in [4.69, 9.17) is 14.2 Å². The molecule has 3 aromatic rings. The molecule has 8 nitrogen and oxygen atoms in total. The maximum absolute atomic E-state index is 13.2. The number of pyridine rings is 2. The number of carbonyl (C=O) groups excluding carboxylic acids is 1. The van der Waals surface area contributed by atoms with Crippen LogP contribution in [0.25, 0.3) is 0 Å². The Balaban J connectivity index is 1.33. The van der Waals surface area contributed by atoms with Crippen molar-refractivity contribution in [3.05, 3.63) is 71.7 Å². The van der Waals surface area contributed by atoms with Crippen LogP contribution in [0.3, 0.4) is 0 Å². The van der Waals surface area contributed by atoms with Crippen LogP contribution in [-0.2, 0) is 4.74 Å². The lowest BCUT2D eigenvalue weighted by atomic mass is 10.1. The number of aryl methyl sites for hydroxylation is 1. The van der Waals surface area contributed by atoms with Gasteiger partial charge in [-0.3, -0.25) is 9.78 Å². The Morgan fingerprint density at radius 1 is 1.06 bits per heavy atom. The van der Waals surface area contributed by atoms with Gasteiger partial charge in [0.25, 0.3) is 5.91 Å². The number of fused-ring (bicyclic) bond motifs is 1. The van der Waals surface area contributed by atoms with Crippen molar-refractivity contribution in [2.45, 2.75) is 13.0 Å². The van der Waals surface area contributed by atoms with Crippen molar-refractivity contribution in [2.75, 3.05) is 38.2 Å². The Morgan fingerprint density at radius 2 is 1.94 bits per heavy atom. The van der Waals surface area contributed by atoms with E-state index in [1.54, 1.807) is 29.3 Å². The maximum Gasteiger partial charge on any atom is 0.254 e. The lowest BCUT2D eigenvalue weighted by Crippen LogP contribution is -2.42. The summed E-state index contributed by atoms with van der Waals surface area (Å²) < 4.78 is 17.2. The number of ether oxygens (including phenoxy) is 3. The zero-order valence-corrected chi connectivity index (χ0v) is 17.8. The van der Waals surface area contributed by atoms with Crippen molar-refractivity contribution >= 4 is 17.4 Å². The second-order valence-electron chi connectivity index (χ2n) is 7.73. The van der Waals surface area contributed by atoms with Gasteiger partial charge in [0.15, 0.2) is 11.5 Å². The monoisotopic (exact) mass is 432 g/mol. The smallest absolute Gasteiger partial charge is 0.254 e. The van der Waals surface area contributed by atoms with Crippen LogP contribution in [0.2, 0.25) is 0 Å². The number of hydrogen-bond acceptors (Lipinski definition) is 7. The van der Waals surface area contributed by atoms with Gasteiger partial charge in [-0.05, 0) is 49.4 Å². The molecule has 1 N–H and O–H groups in total. The second-order valence-corrected chi connectivity index (χ2v) is 7.73. The summed E-state index contributed by atoms with van der Waals surface area (Å²) in [5.41, 5.74) is 3.10. The SMILES string of the molecule is Cc1cc(Nc2ccccn2)cc(C2CN(C(=O)c3ccc4c(c3)OCCO4)CCO2)n1. The molecule has 0 spiro atoms. The molecule has 0 saturated carbocycles. The fourth-order valence-electron chi connectivity index (χ4n) is 3.89. The Hall–Kier alpha value is -3.65. The molecule has 0 aliphatic carbocycles. The molecule has 0 radical (unpaired) electrons. The first kappa shape index (κ1) is 20.3. The molecule has 1 unspecified atom stereocenters. The minimum absolute atomic E-state index is 0.0604. The zero-order valence-electron chi connectivity index (χ0n) is 17.8. The number of anilines is 2. The molecule has 5 rings (SSSR count). The van der Waals surface area contributed by atoms with Crippen molar-refractivity contribution in [3.63, 3.8) is 0 Å². The average Bonchev–Trinajstić information content (AvgIpc) is 2.83. The molecule has 1 atom stereocenters. The van der Waals surface area contributed by atoms with Crippen LogP contribution in [0.15, 0.2) is 54.7 Å². The minimum atomic E-state index is -0.311. The number of aromatic nitrogens is 2. The van der Waals surface area contributed by atoms with E-state index in [-0.39, 0.29) is 12.0 Å². The van der Waals surface area contributed by atoms with Gasteiger partial charge < -0.3 is 24.4 Å². The van der Waals surface area contributed by atoms with E-state index in [0.717, 1.165) is 22.9 Å². The van der Waals surface area contributed by atoms with Gasteiger partial charge >= 0.3 is 0 Å². The third-order valence-corrected chi connectivity index (χ3v) is 5.38. The van der Waals surface area contributed by atoms with E-state index < -0.39 is 0 Å². The standard InChI is InChI=1S/C24H24N4O4/c1-16-12-18(27-23-4-2-3-7-25-23)14-19(26-16)22-15-28(8-9-30-22)24(29)17-5-6-20-21(13-17)32-11-10-31-20/h2-7,12-14,22H,8-11,15H2,1H3,(H,25,26,27). The topological polar surface area (TPSA) is 85.8 Å². The number of rotatable bonds is 4. The second kappa shape index (κ2) is 8.84. The van der Waals surface area contributed by atoms with Crippen LogP contribution in [-0.4, -0.2) is 53.7 Å². The van der Waals surface area contributed by atoms with Crippen LogP contribution in [0.4, 0.5) is 11.5 Å². The van der Waals surface area contributed by atoms with Crippen molar-refractivity contribution in [1.29, 1.82) is 0 Å². The van der Waals surface area contributed by atoms with Crippen molar-refractivity contribution < 1.29 is 19.0 Å². The number of benzene rings is 1. The Morgan fingerprint density at radius 3 is 2.78 bits per heavy atom. The summed E-state index contributed by atoms with van der Waals surface area (Å²) in [4.78, 5) is 23.9. The highest BCUT2D eigenvalue weighted by Gasteiger charge is 2.28. The Labute approximate surface area is 186 Å². The van der Waals surface area contributed by atoms with Crippen molar-refractivity contribution in [3.8, 4) is 11.5 Å². The Kier molecular flexibility index (Phi) is 5.60. The zero-order chi connectivity index (χ0) is 21.9. The number of nitrogens with one attached hydrogen (secondary N) is 1. The lowest BCUT2D eigenvalue weighted by molar-refractivity contribution is -0.0247. The van der Waals surface area contributed by atoms with Gasteiger partial charge in [-0.1, -0.05) is 6.07 Å². The third-order valence-electron chi connectivity index (χ3n) is 5.38. The van der Waals surface area contributed by atoms with Gasteiger partial charge in [0.1, 0.15) is 25.1 Å². The van der Waals surface area contributed by atoms with E-state index in [9.17, 15) is 4.79 Å². The molecule has 2 aliphatic heterocycles. The molecule has 2 aromatic heterocycles. The van der Waals surface area contributed by atoms with Crippen LogP contribution in [0, 0.1) is 6.92 Å². The van der Waals surface area contributed by atoms with Gasteiger partial charge in [-0.2, -0.15) is 0 Å².